The van der Waals surface area contributed by atoms with Gasteiger partial charge in [-0.2, -0.15) is 0 Å². The van der Waals surface area contributed by atoms with Crippen molar-refractivity contribution in [3.8, 4) is 0 Å². The maximum atomic E-state index is 12.8. The fourth-order valence-electron chi connectivity index (χ4n) is 2.04. The molecule has 1 rings (SSSR count). The molecule has 0 radical (unpaired) electrons. The van der Waals surface area contributed by atoms with Crippen LogP contribution in [0.5, 0.6) is 0 Å². The Hall–Kier alpha value is -1.26. The highest BCUT2D eigenvalue weighted by Gasteiger charge is 2.26. The molecule has 0 aliphatic rings. The lowest BCUT2D eigenvalue weighted by atomic mass is 10.0. The zero-order valence-corrected chi connectivity index (χ0v) is 12.0. The number of nitrogens with zero attached hydrogens (tertiary/aromatic N) is 1. The zero-order chi connectivity index (χ0) is 14.6. The smallest absolute Gasteiger partial charge is 0.179 e. The minimum absolute atomic E-state index is 0.0638. The summed E-state index contributed by atoms with van der Waals surface area (Å²) in [4.78, 5) is 14.2. The molecule has 0 aliphatic heterocycles. The van der Waals surface area contributed by atoms with Gasteiger partial charge in [-0.1, -0.05) is 6.92 Å². The Balaban J connectivity index is 2.82. The fourth-order valence-corrected chi connectivity index (χ4v) is 2.04. The molecule has 3 nitrogen and oxygen atoms in total. The predicted molar refractivity (Wildman–Crippen MR) is 73.7 cm³/mol. The van der Waals surface area contributed by atoms with Crippen molar-refractivity contribution in [3.63, 3.8) is 0 Å². The topological polar surface area (TPSA) is 40.5 Å². The van der Waals surface area contributed by atoms with Crippen LogP contribution in [-0.4, -0.2) is 40.5 Å². The third-order valence-corrected chi connectivity index (χ3v) is 3.05. The second-order valence-corrected chi connectivity index (χ2v) is 5.42. The maximum absolute atomic E-state index is 12.8. The molecule has 0 bridgehead atoms. The maximum Gasteiger partial charge on any atom is 0.179 e. The molecule has 0 aliphatic carbocycles. The summed E-state index contributed by atoms with van der Waals surface area (Å²) in [6.45, 7) is 8.26. The first-order valence-corrected chi connectivity index (χ1v) is 6.51. The van der Waals surface area contributed by atoms with E-state index in [4.69, 9.17) is 0 Å². The van der Waals surface area contributed by atoms with Gasteiger partial charge >= 0.3 is 0 Å². The number of halogens is 1. The number of likely N-dealkylation sites (N-methyl/N-ethyl adjacent to an activating group) is 1. The van der Waals surface area contributed by atoms with Crippen LogP contribution >= 0.6 is 0 Å². The molecule has 1 aromatic carbocycles. The molecule has 0 spiro atoms. The normalized spacial score (nSPS) is 13.6. The molecule has 1 unspecified atom stereocenters. The molecule has 1 N–H and O–H groups in total. The molecule has 4 heteroatoms. The van der Waals surface area contributed by atoms with Gasteiger partial charge in [-0.3, -0.25) is 9.69 Å². The number of Topliss-reactive ketones (excluding diaryl/α,β-unsaturated/α-hetero) is 1. The lowest BCUT2D eigenvalue weighted by Gasteiger charge is -2.32. The minimum Gasteiger partial charge on any atom is -0.389 e. The SMILES string of the molecule is CCN(CC(C)(C)O)C(C)C(=O)c1ccc(F)cc1. The molecule has 0 amide bonds. The van der Waals surface area contributed by atoms with Crippen molar-refractivity contribution in [1.29, 1.82) is 0 Å². The molecule has 0 aromatic heterocycles. The van der Waals surface area contributed by atoms with Crippen molar-refractivity contribution in [2.75, 3.05) is 13.1 Å². The third-order valence-electron chi connectivity index (χ3n) is 3.05. The van der Waals surface area contributed by atoms with Crippen molar-refractivity contribution >= 4 is 5.78 Å². The summed E-state index contributed by atoms with van der Waals surface area (Å²) in [5, 5.41) is 9.85. The van der Waals surface area contributed by atoms with E-state index in [9.17, 15) is 14.3 Å². The highest BCUT2D eigenvalue weighted by molar-refractivity contribution is 5.99. The Morgan fingerprint density at radius 1 is 1.37 bits per heavy atom. The number of rotatable bonds is 6. The van der Waals surface area contributed by atoms with E-state index in [-0.39, 0.29) is 17.6 Å². The summed E-state index contributed by atoms with van der Waals surface area (Å²) in [7, 11) is 0. The minimum atomic E-state index is -0.854. The van der Waals surface area contributed by atoms with Crippen molar-refractivity contribution in [2.45, 2.75) is 39.3 Å². The Bertz CT molecular complexity index is 423. The lowest BCUT2D eigenvalue weighted by Crippen LogP contribution is -2.46. The molecular weight excluding hydrogens is 245 g/mol. The van der Waals surface area contributed by atoms with Crippen LogP contribution in [0.25, 0.3) is 0 Å². The Morgan fingerprint density at radius 2 is 1.89 bits per heavy atom. The molecule has 106 valence electrons. The van der Waals surface area contributed by atoms with E-state index in [0.29, 0.717) is 18.7 Å². The predicted octanol–water partition coefficient (Wildman–Crippen LogP) is 2.49. The van der Waals surface area contributed by atoms with E-state index in [2.05, 4.69) is 0 Å². The first-order valence-electron chi connectivity index (χ1n) is 6.51. The molecule has 1 aromatic rings. The van der Waals surface area contributed by atoms with Crippen LogP contribution in [0, 0.1) is 5.82 Å². The first-order chi connectivity index (χ1) is 8.74. The van der Waals surface area contributed by atoms with Crippen LogP contribution < -0.4 is 0 Å². The van der Waals surface area contributed by atoms with E-state index >= 15 is 0 Å². The molecule has 0 heterocycles. The Labute approximate surface area is 114 Å². The second-order valence-electron chi connectivity index (χ2n) is 5.42. The van der Waals surface area contributed by atoms with Crippen LogP contribution in [-0.2, 0) is 0 Å². The van der Waals surface area contributed by atoms with Gasteiger partial charge in [0.15, 0.2) is 5.78 Å². The molecule has 0 fully saturated rings. The molecule has 0 saturated carbocycles. The van der Waals surface area contributed by atoms with Crippen molar-refractivity contribution in [1.82, 2.24) is 4.90 Å². The number of hydrogen-bond donors (Lipinski definition) is 1. The van der Waals surface area contributed by atoms with Crippen LogP contribution in [0.4, 0.5) is 4.39 Å². The monoisotopic (exact) mass is 267 g/mol. The summed E-state index contributed by atoms with van der Waals surface area (Å²) in [6.07, 6.45) is 0. The second kappa shape index (κ2) is 6.26. The summed E-state index contributed by atoms with van der Waals surface area (Å²) < 4.78 is 12.8. The van der Waals surface area contributed by atoms with E-state index in [0.717, 1.165) is 0 Å². The van der Waals surface area contributed by atoms with Gasteiger partial charge in [0.25, 0.3) is 0 Å². The van der Waals surface area contributed by atoms with Crippen LogP contribution in [0.3, 0.4) is 0 Å². The molecular formula is C15H22FNO2. The fraction of sp³-hybridized carbons (Fsp3) is 0.533. The van der Waals surface area contributed by atoms with E-state index < -0.39 is 5.60 Å². The number of benzene rings is 1. The summed E-state index contributed by atoms with van der Waals surface area (Å²) >= 11 is 0. The summed E-state index contributed by atoms with van der Waals surface area (Å²) in [6, 6.07) is 5.21. The average molecular weight is 267 g/mol. The van der Waals surface area contributed by atoms with Gasteiger partial charge in [-0.25, -0.2) is 4.39 Å². The van der Waals surface area contributed by atoms with Gasteiger partial charge in [0.1, 0.15) is 5.82 Å². The van der Waals surface area contributed by atoms with Crippen molar-refractivity contribution < 1.29 is 14.3 Å². The summed E-state index contributed by atoms with van der Waals surface area (Å²) in [5.41, 5.74) is -0.365. The lowest BCUT2D eigenvalue weighted by molar-refractivity contribution is 0.0254. The Kier molecular flexibility index (Phi) is 5.20. The highest BCUT2D eigenvalue weighted by atomic mass is 19.1. The standard InChI is InChI=1S/C15H22FNO2/c1-5-17(10-15(3,4)19)11(2)14(18)12-6-8-13(16)9-7-12/h6-9,11,19H,5,10H2,1-4H3. The van der Waals surface area contributed by atoms with E-state index in [1.807, 2.05) is 11.8 Å². The Morgan fingerprint density at radius 3 is 2.32 bits per heavy atom. The largest absolute Gasteiger partial charge is 0.389 e. The van der Waals surface area contributed by atoms with Gasteiger partial charge < -0.3 is 5.11 Å². The van der Waals surface area contributed by atoms with Crippen LogP contribution in [0.1, 0.15) is 38.1 Å². The van der Waals surface area contributed by atoms with Gasteiger partial charge in [0, 0.05) is 12.1 Å². The average Bonchev–Trinajstić information content (AvgIpc) is 2.34. The number of aliphatic hydroxyl groups is 1. The van der Waals surface area contributed by atoms with E-state index in [1.165, 1.54) is 24.3 Å². The first kappa shape index (κ1) is 15.8. The number of carbonyl (C=O) groups excluding carboxylic acids is 1. The molecule has 19 heavy (non-hydrogen) atoms. The molecule has 1 atom stereocenters. The van der Waals surface area contributed by atoms with Crippen molar-refractivity contribution in [3.05, 3.63) is 35.6 Å². The quantitative estimate of drug-likeness (QED) is 0.805. The van der Waals surface area contributed by atoms with Crippen LogP contribution in [0.2, 0.25) is 0 Å². The van der Waals surface area contributed by atoms with Gasteiger partial charge in [-0.15, -0.1) is 0 Å². The molecule has 0 saturated heterocycles. The van der Waals surface area contributed by atoms with E-state index in [1.54, 1.807) is 20.8 Å². The van der Waals surface area contributed by atoms with Gasteiger partial charge in [-0.05, 0) is 51.6 Å². The summed E-state index contributed by atoms with van der Waals surface area (Å²) in [5.74, 6) is -0.417. The number of hydrogen-bond acceptors (Lipinski definition) is 3. The highest BCUT2D eigenvalue weighted by Crippen LogP contribution is 2.13. The zero-order valence-electron chi connectivity index (χ0n) is 12.0. The van der Waals surface area contributed by atoms with Gasteiger partial charge in [0.2, 0.25) is 0 Å². The van der Waals surface area contributed by atoms with Crippen LogP contribution in [0.15, 0.2) is 24.3 Å². The number of carbonyl (C=O) groups is 1. The third kappa shape index (κ3) is 4.73. The van der Waals surface area contributed by atoms with Crippen molar-refractivity contribution in [2.24, 2.45) is 0 Å². The van der Waals surface area contributed by atoms with Gasteiger partial charge in [0.05, 0.1) is 11.6 Å². The number of ketones is 1.